The first kappa shape index (κ1) is 13.3. The van der Waals surface area contributed by atoms with E-state index in [1.54, 1.807) is 13.8 Å². The molecule has 5 nitrogen and oxygen atoms in total. The lowest BCUT2D eigenvalue weighted by atomic mass is 10.0. The van der Waals surface area contributed by atoms with E-state index in [-0.39, 0.29) is 4.90 Å². The molecule has 3 rings (SSSR count). The number of hydrogen-bond acceptors (Lipinski definition) is 4. The largest absolute Gasteiger partial charge is 0.360 e. The van der Waals surface area contributed by atoms with Crippen LogP contribution in [0.1, 0.15) is 22.6 Å². The average molecular weight is 292 g/mol. The summed E-state index contributed by atoms with van der Waals surface area (Å²) in [6, 6.07) is 7.95. The average Bonchev–Trinajstić information content (AvgIpc) is 2.78. The van der Waals surface area contributed by atoms with Crippen LogP contribution in [0.4, 0.5) is 0 Å². The van der Waals surface area contributed by atoms with E-state index in [4.69, 9.17) is 4.52 Å². The molecule has 1 aromatic heterocycles. The van der Waals surface area contributed by atoms with Gasteiger partial charge in [-0.1, -0.05) is 29.4 Å². The van der Waals surface area contributed by atoms with Crippen molar-refractivity contribution in [1.29, 1.82) is 0 Å². The van der Waals surface area contributed by atoms with E-state index >= 15 is 0 Å². The molecule has 0 amide bonds. The van der Waals surface area contributed by atoms with Gasteiger partial charge in [-0.3, -0.25) is 0 Å². The molecule has 0 aliphatic carbocycles. The standard InChI is InChI=1S/C14H16N2O3S/c1-10-14(11(2)19-15-10)20(17,18)16-8-7-12-5-3-4-6-13(12)9-16/h3-6H,7-9H2,1-2H3. The van der Waals surface area contributed by atoms with Gasteiger partial charge in [0.05, 0.1) is 0 Å². The number of nitrogens with zero attached hydrogens (tertiary/aromatic N) is 2. The molecule has 0 bridgehead atoms. The van der Waals surface area contributed by atoms with Crippen LogP contribution in [0, 0.1) is 13.8 Å². The predicted molar refractivity (Wildman–Crippen MR) is 73.7 cm³/mol. The molecule has 6 heteroatoms. The molecule has 1 aliphatic heterocycles. The van der Waals surface area contributed by atoms with Gasteiger partial charge in [0.25, 0.3) is 0 Å². The highest BCUT2D eigenvalue weighted by Gasteiger charge is 2.32. The molecule has 20 heavy (non-hydrogen) atoms. The Morgan fingerprint density at radius 1 is 1.20 bits per heavy atom. The summed E-state index contributed by atoms with van der Waals surface area (Å²) in [5, 5.41) is 3.74. The summed E-state index contributed by atoms with van der Waals surface area (Å²) in [4.78, 5) is 0.205. The van der Waals surface area contributed by atoms with Crippen molar-refractivity contribution in [1.82, 2.24) is 9.46 Å². The number of benzene rings is 1. The van der Waals surface area contributed by atoms with Gasteiger partial charge in [-0.25, -0.2) is 8.42 Å². The Labute approximate surface area is 118 Å². The molecule has 0 spiro atoms. The van der Waals surface area contributed by atoms with E-state index in [2.05, 4.69) is 11.2 Å². The van der Waals surface area contributed by atoms with Gasteiger partial charge in [0.2, 0.25) is 10.0 Å². The minimum Gasteiger partial charge on any atom is -0.360 e. The lowest BCUT2D eigenvalue weighted by Gasteiger charge is -2.27. The van der Waals surface area contributed by atoms with Crippen LogP contribution < -0.4 is 0 Å². The van der Waals surface area contributed by atoms with Crippen LogP contribution in [0.15, 0.2) is 33.7 Å². The van der Waals surface area contributed by atoms with Crippen LogP contribution in [-0.4, -0.2) is 24.4 Å². The maximum atomic E-state index is 12.7. The minimum atomic E-state index is -3.55. The van der Waals surface area contributed by atoms with E-state index in [1.165, 1.54) is 9.87 Å². The summed E-state index contributed by atoms with van der Waals surface area (Å²) in [5.74, 6) is 0.348. The third-order valence-electron chi connectivity index (χ3n) is 3.66. The highest BCUT2D eigenvalue weighted by atomic mass is 32.2. The first-order chi connectivity index (χ1) is 9.50. The fourth-order valence-corrected chi connectivity index (χ4v) is 4.36. The van der Waals surface area contributed by atoms with E-state index in [9.17, 15) is 8.42 Å². The Morgan fingerprint density at radius 3 is 2.55 bits per heavy atom. The van der Waals surface area contributed by atoms with Crippen molar-refractivity contribution in [3.05, 3.63) is 46.8 Å². The second-order valence-electron chi connectivity index (χ2n) is 5.01. The Balaban J connectivity index is 1.99. The lowest BCUT2D eigenvalue weighted by Crippen LogP contribution is -2.36. The summed E-state index contributed by atoms with van der Waals surface area (Å²) in [7, 11) is -3.55. The zero-order chi connectivity index (χ0) is 14.3. The molecular weight excluding hydrogens is 276 g/mol. The summed E-state index contributed by atoms with van der Waals surface area (Å²) in [6.45, 7) is 4.18. The summed E-state index contributed by atoms with van der Waals surface area (Å²) >= 11 is 0. The molecule has 1 aromatic carbocycles. The topological polar surface area (TPSA) is 63.4 Å². The molecule has 0 atom stereocenters. The Morgan fingerprint density at radius 2 is 1.90 bits per heavy atom. The van der Waals surface area contributed by atoms with Crippen molar-refractivity contribution < 1.29 is 12.9 Å². The fraction of sp³-hybridized carbons (Fsp3) is 0.357. The molecule has 0 radical (unpaired) electrons. The predicted octanol–water partition coefficient (Wildman–Crippen LogP) is 2.04. The van der Waals surface area contributed by atoms with Crippen molar-refractivity contribution in [3.63, 3.8) is 0 Å². The second kappa shape index (κ2) is 4.71. The van der Waals surface area contributed by atoms with Crippen molar-refractivity contribution in [2.24, 2.45) is 0 Å². The van der Waals surface area contributed by atoms with Crippen LogP contribution in [0.5, 0.6) is 0 Å². The van der Waals surface area contributed by atoms with E-state index in [1.807, 2.05) is 18.2 Å². The zero-order valence-corrected chi connectivity index (χ0v) is 12.3. The van der Waals surface area contributed by atoms with Gasteiger partial charge >= 0.3 is 0 Å². The Bertz CT molecular complexity index is 730. The van der Waals surface area contributed by atoms with Crippen molar-refractivity contribution >= 4 is 10.0 Å². The number of sulfonamides is 1. The van der Waals surface area contributed by atoms with Crippen LogP contribution in [0.2, 0.25) is 0 Å². The van der Waals surface area contributed by atoms with Gasteiger partial charge in [-0.15, -0.1) is 0 Å². The molecule has 0 saturated heterocycles. The van der Waals surface area contributed by atoms with Gasteiger partial charge < -0.3 is 4.52 Å². The van der Waals surface area contributed by atoms with Crippen molar-refractivity contribution in [2.75, 3.05) is 6.54 Å². The highest BCUT2D eigenvalue weighted by Crippen LogP contribution is 2.28. The summed E-state index contributed by atoms with van der Waals surface area (Å²) < 4.78 is 31.9. The summed E-state index contributed by atoms with van der Waals surface area (Å²) in [6.07, 6.45) is 0.735. The SMILES string of the molecule is Cc1noc(C)c1S(=O)(=O)N1CCc2ccccc2C1. The smallest absolute Gasteiger partial charge is 0.248 e. The van der Waals surface area contributed by atoms with Gasteiger partial charge in [0, 0.05) is 13.1 Å². The quantitative estimate of drug-likeness (QED) is 0.849. The maximum Gasteiger partial charge on any atom is 0.248 e. The van der Waals surface area contributed by atoms with E-state index < -0.39 is 10.0 Å². The van der Waals surface area contributed by atoms with Crippen LogP contribution >= 0.6 is 0 Å². The van der Waals surface area contributed by atoms with Crippen molar-refractivity contribution in [3.8, 4) is 0 Å². The monoisotopic (exact) mass is 292 g/mol. The maximum absolute atomic E-state index is 12.7. The third kappa shape index (κ3) is 2.05. The number of fused-ring (bicyclic) bond motifs is 1. The first-order valence-corrected chi connectivity index (χ1v) is 7.94. The van der Waals surface area contributed by atoms with E-state index in [0.29, 0.717) is 24.5 Å². The number of aromatic nitrogens is 1. The number of hydrogen-bond donors (Lipinski definition) is 0. The molecule has 106 valence electrons. The Hall–Kier alpha value is -1.66. The molecule has 0 unspecified atom stereocenters. The van der Waals surface area contributed by atoms with Gasteiger partial charge in [-0.05, 0) is 31.4 Å². The van der Waals surface area contributed by atoms with Crippen LogP contribution in [-0.2, 0) is 23.0 Å². The molecule has 0 fully saturated rings. The fourth-order valence-electron chi connectivity index (χ4n) is 2.65. The Kier molecular flexibility index (Phi) is 3.14. The van der Waals surface area contributed by atoms with Gasteiger partial charge in [0.15, 0.2) is 5.76 Å². The highest BCUT2D eigenvalue weighted by molar-refractivity contribution is 7.89. The number of rotatable bonds is 2. The molecule has 2 heterocycles. The van der Waals surface area contributed by atoms with Gasteiger partial charge in [-0.2, -0.15) is 4.31 Å². The van der Waals surface area contributed by atoms with Crippen LogP contribution in [0.25, 0.3) is 0 Å². The lowest BCUT2D eigenvalue weighted by molar-refractivity contribution is 0.382. The number of aryl methyl sites for hydroxylation is 2. The zero-order valence-electron chi connectivity index (χ0n) is 11.5. The normalized spacial score (nSPS) is 16.1. The molecule has 2 aromatic rings. The summed E-state index contributed by atoms with van der Waals surface area (Å²) in [5.41, 5.74) is 2.70. The molecule has 1 aliphatic rings. The van der Waals surface area contributed by atoms with E-state index in [0.717, 1.165) is 12.0 Å². The first-order valence-electron chi connectivity index (χ1n) is 6.50. The minimum absolute atomic E-state index is 0.205. The van der Waals surface area contributed by atoms with Crippen LogP contribution in [0.3, 0.4) is 0 Å². The molecule has 0 saturated carbocycles. The van der Waals surface area contributed by atoms with Crippen molar-refractivity contribution in [2.45, 2.75) is 31.7 Å². The second-order valence-corrected chi connectivity index (χ2v) is 6.89. The third-order valence-corrected chi connectivity index (χ3v) is 5.75. The molecular formula is C14H16N2O3S. The van der Waals surface area contributed by atoms with Gasteiger partial charge in [0.1, 0.15) is 10.6 Å². The molecule has 0 N–H and O–H groups in total.